The number of benzene rings is 1. The number of anilines is 1. The number of nitrogens with one attached hydrogen (secondary N) is 1. The molecule has 0 aliphatic rings. The molecule has 0 unspecified atom stereocenters. The number of carbonyl (C=O) groups is 1. The van der Waals surface area contributed by atoms with Gasteiger partial charge in [0.15, 0.2) is 0 Å². The van der Waals surface area contributed by atoms with Gasteiger partial charge in [0.1, 0.15) is 17.6 Å². The predicted molar refractivity (Wildman–Crippen MR) is 69.3 cm³/mol. The number of nitrogens with zero attached hydrogens (tertiary/aromatic N) is 2. The third kappa shape index (κ3) is 3.19. The van der Waals surface area contributed by atoms with Gasteiger partial charge in [0.05, 0.1) is 19.3 Å². The molecule has 0 bridgehead atoms. The smallest absolute Gasteiger partial charge is 0.339 e. The van der Waals surface area contributed by atoms with Crippen LogP contribution in [0.15, 0.2) is 36.8 Å². The van der Waals surface area contributed by atoms with Gasteiger partial charge in [-0.05, 0) is 12.1 Å². The Balaban J connectivity index is 2.12. The van der Waals surface area contributed by atoms with Crippen LogP contribution in [0.5, 0.6) is 5.75 Å². The molecule has 1 aromatic carbocycles. The molecule has 0 atom stereocenters. The maximum atomic E-state index is 11.0. The monoisotopic (exact) mass is 259 g/mol. The highest BCUT2D eigenvalue weighted by Crippen LogP contribution is 2.17. The lowest BCUT2D eigenvalue weighted by Crippen LogP contribution is -2.10. The van der Waals surface area contributed by atoms with Gasteiger partial charge in [-0.15, -0.1) is 0 Å². The maximum Gasteiger partial charge on any atom is 0.339 e. The van der Waals surface area contributed by atoms with Crippen molar-refractivity contribution in [2.24, 2.45) is 0 Å². The molecular weight excluding hydrogens is 246 g/mol. The highest BCUT2D eigenvalue weighted by Gasteiger charge is 2.10. The normalized spacial score (nSPS) is 9.95. The van der Waals surface area contributed by atoms with Gasteiger partial charge in [-0.25, -0.2) is 14.8 Å². The molecule has 2 rings (SSSR count). The quantitative estimate of drug-likeness (QED) is 0.851. The molecule has 2 N–H and O–H groups in total. The van der Waals surface area contributed by atoms with Gasteiger partial charge < -0.3 is 15.2 Å². The lowest BCUT2D eigenvalue weighted by Gasteiger charge is -2.08. The summed E-state index contributed by atoms with van der Waals surface area (Å²) < 4.78 is 5.11. The zero-order valence-corrected chi connectivity index (χ0v) is 10.3. The first-order valence-electron chi connectivity index (χ1n) is 5.61. The Morgan fingerprint density at radius 2 is 2.32 bits per heavy atom. The first kappa shape index (κ1) is 12.8. The topological polar surface area (TPSA) is 84.3 Å². The zero-order valence-electron chi connectivity index (χ0n) is 10.3. The van der Waals surface area contributed by atoms with Crippen molar-refractivity contribution in [1.82, 2.24) is 9.97 Å². The standard InChI is InChI=1S/C13H13N3O3/c1-19-10-4-2-3-9(5-10)15-7-12-11(13(17)18)6-14-8-16-12/h2-6,8,15H,7H2,1H3,(H,17,18). The fraction of sp³-hybridized carbons (Fsp3) is 0.154. The van der Waals surface area contributed by atoms with Gasteiger partial charge in [-0.2, -0.15) is 0 Å². The van der Waals surface area contributed by atoms with Crippen LogP contribution in [0.3, 0.4) is 0 Å². The van der Waals surface area contributed by atoms with E-state index >= 15 is 0 Å². The Hall–Kier alpha value is -2.63. The fourth-order valence-corrected chi connectivity index (χ4v) is 1.59. The van der Waals surface area contributed by atoms with E-state index < -0.39 is 5.97 Å². The van der Waals surface area contributed by atoms with E-state index in [-0.39, 0.29) is 5.56 Å². The predicted octanol–water partition coefficient (Wildman–Crippen LogP) is 1.80. The first-order valence-corrected chi connectivity index (χ1v) is 5.61. The SMILES string of the molecule is COc1cccc(NCc2ncncc2C(=O)O)c1. The van der Waals surface area contributed by atoms with Crippen LogP contribution >= 0.6 is 0 Å². The second kappa shape index (κ2) is 5.81. The molecule has 0 saturated carbocycles. The van der Waals surface area contributed by atoms with Crippen LogP contribution in [-0.4, -0.2) is 28.2 Å². The molecule has 0 radical (unpaired) electrons. The highest BCUT2D eigenvalue weighted by molar-refractivity contribution is 5.88. The van der Waals surface area contributed by atoms with Crippen LogP contribution in [0.4, 0.5) is 5.69 Å². The summed E-state index contributed by atoms with van der Waals surface area (Å²) in [4.78, 5) is 18.7. The summed E-state index contributed by atoms with van der Waals surface area (Å²) in [6, 6.07) is 7.36. The van der Waals surface area contributed by atoms with Gasteiger partial charge in [-0.3, -0.25) is 0 Å². The molecule has 0 aliphatic heterocycles. The zero-order chi connectivity index (χ0) is 13.7. The molecule has 1 aromatic heterocycles. The van der Waals surface area contributed by atoms with E-state index in [1.807, 2.05) is 24.3 Å². The summed E-state index contributed by atoms with van der Waals surface area (Å²) in [6.07, 6.45) is 2.62. The van der Waals surface area contributed by atoms with E-state index in [1.165, 1.54) is 12.5 Å². The first-order chi connectivity index (χ1) is 9.20. The largest absolute Gasteiger partial charge is 0.497 e. The van der Waals surface area contributed by atoms with E-state index in [4.69, 9.17) is 9.84 Å². The minimum absolute atomic E-state index is 0.0953. The summed E-state index contributed by atoms with van der Waals surface area (Å²) in [5.41, 5.74) is 1.36. The number of aromatic nitrogens is 2. The number of aromatic carboxylic acids is 1. The van der Waals surface area contributed by atoms with Gasteiger partial charge in [-0.1, -0.05) is 6.07 Å². The number of rotatable bonds is 5. The Bertz CT molecular complexity index is 587. The molecule has 6 heteroatoms. The highest BCUT2D eigenvalue weighted by atomic mass is 16.5. The summed E-state index contributed by atoms with van der Waals surface area (Å²) in [5, 5.41) is 12.1. The van der Waals surface area contributed by atoms with Crippen LogP contribution in [0.1, 0.15) is 16.1 Å². The molecule has 98 valence electrons. The average molecular weight is 259 g/mol. The van der Waals surface area contributed by atoms with Gasteiger partial charge in [0, 0.05) is 18.0 Å². The molecule has 0 saturated heterocycles. The molecular formula is C13H13N3O3. The van der Waals surface area contributed by atoms with Crippen LogP contribution in [0, 0.1) is 0 Å². The van der Waals surface area contributed by atoms with Crippen molar-refractivity contribution in [1.29, 1.82) is 0 Å². The van der Waals surface area contributed by atoms with E-state index in [9.17, 15) is 4.79 Å². The van der Waals surface area contributed by atoms with E-state index in [2.05, 4.69) is 15.3 Å². The summed E-state index contributed by atoms with van der Waals surface area (Å²) in [6.45, 7) is 0.303. The Labute approximate surface area is 110 Å². The molecule has 2 aromatic rings. The molecule has 0 fully saturated rings. The minimum Gasteiger partial charge on any atom is -0.497 e. The number of carboxylic acid groups (broad SMARTS) is 1. The molecule has 0 spiro atoms. The number of hydrogen-bond donors (Lipinski definition) is 2. The van der Waals surface area contributed by atoms with E-state index in [0.717, 1.165) is 11.4 Å². The van der Waals surface area contributed by atoms with Crippen molar-refractivity contribution >= 4 is 11.7 Å². The van der Waals surface area contributed by atoms with Crippen molar-refractivity contribution in [3.05, 3.63) is 48.0 Å². The van der Waals surface area contributed by atoms with Crippen molar-refractivity contribution in [3.63, 3.8) is 0 Å². The van der Waals surface area contributed by atoms with Crippen LogP contribution in [0.2, 0.25) is 0 Å². The van der Waals surface area contributed by atoms with Crippen molar-refractivity contribution in [2.75, 3.05) is 12.4 Å². The molecule has 1 heterocycles. The molecule has 6 nitrogen and oxygen atoms in total. The lowest BCUT2D eigenvalue weighted by molar-refractivity contribution is 0.0694. The van der Waals surface area contributed by atoms with Crippen LogP contribution in [-0.2, 0) is 6.54 Å². The second-order valence-corrected chi connectivity index (χ2v) is 3.77. The molecule has 0 aliphatic carbocycles. The number of carboxylic acids is 1. The minimum atomic E-state index is -1.04. The molecule has 0 amide bonds. The molecule has 19 heavy (non-hydrogen) atoms. The summed E-state index contributed by atoms with van der Waals surface area (Å²) in [5.74, 6) is -0.311. The Kier molecular flexibility index (Phi) is 3.92. The third-order valence-corrected chi connectivity index (χ3v) is 2.55. The third-order valence-electron chi connectivity index (χ3n) is 2.55. The van der Waals surface area contributed by atoms with Gasteiger partial charge in [0.25, 0.3) is 0 Å². The second-order valence-electron chi connectivity index (χ2n) is 3.77. The van der Waals surface area contributed by atoms with E-state index in [0.29, 0.717) is 12.2 Å². The fourth-order valence-electron chi connectivity index (χ4n) is 1.59. The van der Waals surface area contributed by atoms with E-state index in [1.54, 1.807) is 7.11 Å². The number of hydrogen-bond acceptors (Lipinski definition) is 5. The summed E-state index contributed by atoms with van der Waals surface area (Å²) >= 11 is 0. The van der Waals surface area contributed by atoms with Gasteiger partial charge >= 0.3 is 5.97 Å². The Morgan fingerprint density at radius 3 is 3.05 bits per heavy atom. The average Bonchev–Trinajstić information content (AvgIpc) is 2.45. The Morgan fingerprint density at radius 1 is 1.47 bits per heavy atom. The number of methoxy groups -OCH3 is 1. The maximum absolute atomic E-state index is 11.0. The number of ether oxygens (including phenoxy) is 1. The van der Waals surface area contributed by atoms with Crippen LogP contribution in [0.25, 0.3) is 0 Å². The van der Waals surface area contributed by atoms with Gasteiger partial charge in [0.2, 0.25) is 0 Å². The van der Waals surface area contributed by atoms with Crippen molar-refractivity contribution in [2.45, 2.75) is 6.54 Å². The summed E-state index contributed by atoms with van der Waals surface area (Å²) in [7, 11) is 1.59. The van der Waals surface area contributed by atoms with Crippen molar-refractivity contribution in [3.8, 4) is 5.75 Å². The van der Waals surface area contributed by atoms with Crippen LogP contribution < -0.4 is 10.1 Å². The lowest BCUT2D eigenvalue weighted by atomic mass is 10.2. The van der Waals surface area contributed by atoms with Crippen molar-refractivity contribution < 1.29 is 14.6 Å².